The highest BCUT2D eigenvalue weighted by molar-refractivity contribution is 5.92. The third-order valence-corrected chi connectivity index (χ3v) is 3.87. The number of hydrogen-bond donors (Lipinski definition) is 2. The molecule has 2 N–H and O–H groups in total. The minimum absolute atomic E-state index is 0.0132. The zero-order valence-electron chi connectivity index (χ0n) is 13.4. The molecule has 1 saturated heterocycles. The van der Waals surface area contributed by atoms with Crippen molar-refractivity contribution in [3.63, 3.8) is 0 Å². The lowest BCUT2D eigenvalue weighted by molar-refractivity contribution is -0.152. The minimum Gasteiger partial charge on any atom is -0.464 e. The highest BCUT2D eigenvalue weighted by atomic mass is 16.5. The maximum absolute atomic E-state index is 12.2. The van der Waals surface area contributed by atoms with Crippen LogP contribution < -0.4 is 10.6 Å². The van der Waals surface area contributed by atoms with Gasteiger partial charge in [-0.05, 0) is 40.2 Å². The van der Waals surface area contributed by atoms with E-state index in [4.69, 9.17) is 4.74 Å². The molecule has 22 heavy (non-hydrogen) atoms. The largest absolute Gasteiger partial charge is 0.464 e. The van der Waals surface area contributed by atoms with Crippen LogP contribution in [0.1, 0.15) is 33.6 Å². The Morgan fingerprint density at radius 2 is 2.32 bits per heavy atom. The summed E-state index contributed by atoms with van der Waals surface area (Å²) in [6, 6.07) is 0. The van der Waals surface area contributed by atoms with Gasteiger partial charge < -0.3 is 15.4 Å². The van der Waals surface area contributed by atoms with Gasteiger partial charge in [-0.2, -0.15) is 5.10 Å². The van der Waals surface area contributed by atoms with Crippen molar-refractivity contribution in [2.75, 3.05) is 25.0 Å². The normalized spacial score (nSPS) is 18.8. The average molecular weight is 308 g/mol. The van der Waals surface area contributed by atoms with Crippen LogP contribution in [-0.4, -0.2) is 41.4 Å². The highest BCUT2D eigenvalue weighted by Gasteiger charge is 2.32. The van der Waals surface area contributed by atoms with E-state index in [-0.39, 0.29) is 17.8 Å². The number of amides is 1. The van der Waals surface area contributed by atoms with Gasteiger partial charge in [0.05, 0.1) is 24.4 Å². The number of esters is 1. The fraction of sp³-hybridized carbons (Fsp3) is 0.667. The molecule has 1 aromatic heterocycles. The van der Waals surface area contributed by atoms with Crippen LogP contribution in [0.25, 0.3) is 0 Å². The van der Waals surface area contributed by atoms with Crippen LogP contribution >= 0.6 is 0 Å². The first-order valence-corrected chi connectivity index (χ1v) is 7.69. The molecule has 7 heteroatoms. The molecule has 1 amide bonds. The lowest BCUT2D eigenvalue weighted by Crippen LogP contribution is -2.38. The quantitative estimate of drug-likeness (QED) is 0.796. The smallest absolute Gasteiger partial charge is 0.333 e. The lowest BCUT2D eigenvalue weighted by Gasteiger charge is -2.23. The third-order valence-electron chi connectivity index (χ3n) is 3.87. The van der Waals surface area contributed by atoms with Crippen molar-refractivity contribution in [3.05, 3.63) is 12.4 Å². The number of piperidine rings is 1. The number of aromatic nitrogens is 2. The van der Waals surface area contributed by atoms with Gasteiger partial charge in [-0.15, -0.1) is 0 Å². The van der Waals surface area contributed by atoms with Crippen LogP contribution in [0.4, 0.5) is 5.69 Å². The molecular weight excluding hydrogens is 284 g/mol. The van der Waals surface area contributed by atoms with Crippen molar-refractivity contribution in [2.45, 2.75) is 39.2 Å². The number of nitrogens with one attached hydrogen (secondary N) is 2. The van der Waals surface area contributed by atoms with Crippen molar-refractivity contribution in [3.8, 4) is 0 Å². The van der Waals surface area contributed by atoms with Gasteiger partial charge in [0.1, 0.15) is 0 Å². The van der Waals surface area contributed by atoms with E-state index in [1.807, 2.05) is 0 Å². The number of rotatable bonds is 5. The number of carbonyl (C=O) groups is 2. The van der Waals surface area contributed by atoms with E-state index in [2.05, 4.69) is 15.7 Å². The Morgan fingerprint density at radius 1 is 1.55 bits per heavy atom. The van der Waals surface area contributed by atoms with Crippen LogP contribution in [0.15, 0.2) is 12.4 Å². The van der Waals surface area contributed by atoms with E-state index in [1.165, 1.54) is 4.68 Å². The molecule has 1 atom stereocenters. The standard InChI is InChI=1S/C15H24N4O3/c1-4-22-14(21)15(2,3)19-10-12(9-17-19)18-13(20)11-6-5-7-16-8-11/h9-11,16H,4-8H2,1-3H3,(H,18,20). The second kappa shape index (κ2) is 6.91. The summed E-state index contributed by atoms with van der Waals surface area (Å²) in [4.78, 5) is 24.1. The molecule has 2 heterocycles. The Morgan fingerprint density at radius 3 is 2.95 bits per heavy atom. The Kier molecular flexibility index (Phi) is 5.18. The maximum atomic E-state index is 12.2. The Balaban J connectivity index is 2.01. The number of carbonyl (C=O) groups excluding carboxylic acids is 2. The lowest BCUT2D eigenvalue weighted by atomic mass is 9.99. The molecule has 122 valence electrons. The van der Waals surface area contributed by atoms with Crippen molar-refractivity contribution in [1.29, 1.82) is 0 Å². The molecule has 1 aliphatic heterocycles. The molecule has 1 aliphatic rings. The SMILES string of the molecule is CCOC(=O)C(C)(C)n1cc(NC(=O)C2CCCNC2)cn1. The number of nitrogens with zero attached hydrogens (tertiary/aromatic N) is 2. The molecule has 7 nitrogen and oxygen atoms in total. The van der Waals surface area contributed by atoms with E-state index in [1.54, 1.807) is 33.2 Å². The molecule has 0 aromatic carbocycles. The first-order valence-electron chi connectivity index (χ1n) is 7.69. The third kappa shape index (κ3) is 3.65. The van der Waals surface area contributed by atoms with E-state index in [0.29, 0.717) is 18.8 Å². The Bertz CT molecular complexity index is 533. The van der Waals surface area contributed by atoms with Crippen molar-refractivity contribution in [2.24, 2.45) is 5.92 Å². The molecular formula is C15H24N4O3. The van der Waals surface area contributed by atoms with Gasteiger partial charge in [-0.25, -0.2) is 4.79 Å². The van der Waals surface area contributed by atoms with Gasteiger partial charge in [-0.1, -0.05) is 0 Å². The van der Waals surface area contributed by atoms with Crippen LogP contribution in [0.5, 0.6) is 0 Å². The molecule has 0 saturated carbocycles. The first-order chi connectivity index (χ1) is 10.4. The molecule has 1 fully saturated rings. The second-order valence-electron chi connectivity index (χ2n) is 5.99. The summed E-state index contributed by atoms with van der Waals surface area (Å²) < 4.78 is 6.56. The van der Waals surface area contributed by atoms with Crippen molar-refractivity contribution >= 4 is 17.6 Å². The molecule has 1 unspecified atom stereocenters. The molecule has 1 aromatic rings. The number of hydrogen-bond acceptors (Lipinski definition) is 5. The van der Waals surface area contributed by atoms with Gasteiger partial charge in [-0.3, -0.25) is 9.48 Å². The summed E-state index contributed by atoms with van der Waals surface area (Å²) in [7, 11) is 0. The summed E-state index contributed by atoms with van der Waals surface area (Å²) in [5, 5.41) is 10.3. The summed E-state index contributed by atoms with van der Waals surface area (Å²) in [6.07, 6.45) is 5.11. The predicted molar refractivity (Wildman–Crippen MR) is 82.4 cm³/mol. The summed E-state index contributed by atoms with van der Waals surface area (Å²) in [5.74, 6) is -0.386. The fourth-order valence-corrected chi connectivity index (χ4v) is 2.41. The molecule has 0 bridgehead atoms. The predicted octanol–water partition coefficient (Wildman–Crippen LogP) is 1.12. The Hall–Kier alpha value is -1.89. The monoisotopic (exact) mass is 308 g/mol. The fourth-order valence-electron chi connectivity index (χ4n) is 2.41. The topological polar surface area (TPSA) is 85.2 Å². The van der Waals surface area contributed by atoms with E-state index >= 15 is 0 Å². The van der Waals surface area contributed by atoms with Gasteiger partial charge in [0.25, 0.3) is 0 Å². The molecule has 0 radical (unpaired) electrons. The molecule has 0 spiro atoms. The summed E-state index contributed by atoms with van der Waals surface area (Å²) in [5.41, 5.74) is -0.321. The summed E-state index contributed by atoms with van der Waals surface area (Å²) in [6.45, 7) is 7.22. The maximum Gasteiger partial charge on any atom is 0.333 e. The van der Waals surface area contributed by atoms with Gasteiger partial charge >= 0.3 is 5.97 Å². The zero-order chi connectivity index (χ0) is 16.2. The molecule has 2 rings (SSSR count). The van der Waals surface area contributed by atoms with Crippen LogP contribution in [0.3, 0.4) is 0 Å². The van der Waals surface area contributed by atoms with E-state index in [0.717, 1.165) is 19.4 Å². The van der Waals surface area contributed by atoms with E-state index in [9.17, 15) is 9.59 Å². The zero-order valence-corrected chi connectivity index (χ0v) is 13.4. The van der Waals surface area contributed by atoms with E-state index < -0.39 is 5.54 Å². The molecule has 0 aliphatic carbocycles. The highest BCUT2D eigenvalue weighted by Crippen LogP contribution is 2.20. The van der Waals surface area contributed by atoms with Gasteiger partial charge in [0.15, 0.2) is 5.54 Å². The van der Waals surface area contributed by atoms with Gasteiger partial charge in [0, 0.05) is 12.7 Å². The average Bonchev–Trinajstić information content (AvgIpc) is 2.97. The van der Waals surface area contributed by atoms with Gasteiger partial charge in [0.2, 0.25) is 5.91 Å². The minimum atomic E-state index is -0.911. The number of anilines is 1. The summed E-state index contributed by atoms with van der Waals surface area (Å²) >= 11 is 0. The van der Waals surface area contributed by atoms with Crippen molar-refractivity contribution in [1.82, 2.24) is 15.1 Å². The van der Waals surface area contributed by atoms with Crippen LogP contribution in [-0.2, 0) is 19.9 Å². The number of ether oxygens (including phenoxy) is 1. The van der Waals surface area contributed by atoms with Crippen LogP contribution in [0, 0.1) is 5.92 Å². The van der Waals surface area contributed by atoms with Crippen molar-refractivity contribution < 1.29 is 14.3 Å². The Labute approximate surface area is 130 Å². The van der Waals surface area contributed by atoms with Crippen LogP contribution in [0.2, 0.25) is 0 Å². The second-order valence-corrected chi connectivity index (χ2v) is 5.99. The first kappa shape index (κ1) is 16.5.